The van der Waals surface area contributed by atoms with Crippen LogP contribution in [0.25, 0.3) is 0 Å². The number of hydrogen-bond acceptors (Lipinski definition) is 4. The van der Waals surface area contributed by atoms with Crippen molar-refractivity contribution in [1.29, 1.82) is 0 Å². The topological polar surface area (TPSA) is 58.9 Å². The molecule has 18 heavy (non-hydrogen) atoms. The van der Waals surface area contributed by atoms with Crippen molar-refractivity contribution in [3.8, 4) is 0 Å². The molecule has 0 aromatic heterocycles. The Labute approximate surface area is 112 Å². The smallest absolute Gasteiger partial charge is 0.0771 e. The fourth-order valence-electron chi connectivity index (χ4n) is 0.951. The van der Waals surface area contributed by atoms with Crippen LogP contribution < -0.4 is 0 Å². The third-order valence-electron chi connectivity index (χ3n) is 2.71. The monoisotopic (exact) mass is 264 g/mol. The van der Waals surface area contributed by atoms with Crippen molar-refractivity contribution in [2.45, 2.75) is 59.2 Å². The van der Waals surface area contributed by atoms with Crippen molar-refractivity contribution >= 4 is 0 Å². The molecule has 0 heterocycles. The van der Waals surface area contributed by atoms with E-state index in [4.69, 9.17) is 14.9 Å². The van der Waals surface area contributed by atoms with E-state index in [0.717, 1.165) is 25.9 Å². The van der Waals surface area contributed by atoms with Gasteiger partial charge in [-0.25, -0.2) is 0 Å². The second-order valence-corrected chi connectivity index (χ2v) is 4.63. The van der Waals surface area contributed by atoms with Crippen molar-refractivity contribution in [3.05, 3.63) is 0 Å². The number of aliphatic hydroxyl groups excluding tert-OH is 2. The van der Waals surface area contributed by atoms with E-state index < -0.39 is 0 Å². The van der Waals surface area contributed by atoms with E-state index in [0.29, 0.717) is 19.1 Å². The van der Waals surface area contributed by atoms with Crippen LogP contribution in [-0.4, -0.2) is 49.4 Å². The maximum absolute atomic E-state index is 9.12. The molecule has 0 saturated heterocycles. The molecule has 3 unspecified atom stereocenters. The predicted octanol–water partition coefficient (Wildman–Crippen LogP) is 2.22. The van der Waals surface area contributed by atoms with E-state index in [9.17, 15) is 0 Å². The minimum atomic E-state index is -0.279. The lowest BCUT2D eigenvalue weighted by Crippen LogP contribution is -2.16. The second-order valence-electron chi connectivity index (χ2n) is 4.63. The summed E-state index contributed by atoms with van der Waals surface area (Å²) in [5.74, 6) is 0.610. The molecule has 0 saturated carbocycles. The Morgan fingerprint density at radius 3 is 1.67 bits per heavy atom. The quantitative estimate of drug-likeness (QED) is 0.670. The van der Waals surface area contributed by atoms with Gasteiger partial charge in [-0.2, -0.15) is 0 Å². The molecular formula is C14H32O4. The molecule has 0 aliphatic heterocycles. The van der Waals surface area contributed by atoms with Gasteiger partial charge < -0.3 is 19.7 Å². The minimum absolute atomic E-state index is 0.273. The standard InChI is InChI=1S/C9H20O2.C5H12O2/c1-4-8(3)6-11-7-9(10)5-2;1-3-5(6)4-7-2/h8-10H,4-7H2,1-3H3;5-6H,3-4H2,1-2H3. The lowest BCUT2D eigenvalue weighted by Gasteiger charge is -2.11. The highest BCUT2D eigenvalue weighted by molar-refractivity contribution is 4.51. The van der Waals surface area contributed by atoms with Gasteiger partial charge >= 0.3 is 0 Å². The third-order valence-corrected chi connectivity index (χ3v) is 2.71. The molecule has 0 rings (SSSR count). The van der Waals surface area contributed by atoms with Crippen molar-refractivity contribution in [1.82, 2.24) is 0 Å². The largest absolute Gasteiger partial charge is 0.391 e. The Balaban J connectivity index is 0. The second kappa shape index (κ2) is 14.9. The van der Waals surface area contributed by atoms with Crippen LogP contribution in [0.1, 0.15) is 47.0 Å². The molecule has 2 N–H and O–H groups in total. The van der Waals surface area contributed by atoms with Crippen LogP contribution in [0.3, 0.4) is 0 Å². The van der Waals surface area contributed by atoms with Gasteiger partial charge in [-0.15, -0.1) is 0 Å². The molecule has 0 aliphatic rings. The summed E-state index contributed by atoms with van der Waals surface area (Å²) < 4.78 is 9.93. The maximum atomic E-state index is 9.12. The molecule has 0 aromatic rings. The molecule has 3 atom stereocenters. The van der Waals surface area contributed by atoms with Gasteiger partial charge in [-0.05, 0) is 18.8 Å². The third kappa shape index (κ3) is 15.8. The fraction of sp³-hybridized carbons (Fsp3) is 1.00. The molecular weight excluding hydrogens is 232 g/mol. The summed E-state index contributed by atoms with van der Waals surface area (Å²) >= 11 is 0. The van der Waals surface area contributed by atoms with Crippen LogP contribution in [0.15, 0.2) is 0 Å². The first-order chi connectivity index (χ1) is 8.51. The SMILES string of the molecule is CCC(C)COCC(O)CC.CCC(O)COC. The summed E-state index contributed by atoms with van der Waals surface area (Å²) in [6.45, 7) is 9.88. The van der Waals surface area contributed by atoms with E-state index in [1.807, 2.05) is 13.8 Å². The molecule has 0 radical (unpaired) electrons. The van der Waals surface area contributed by atoms with Crippen LogP contribution in [0, 0.1) is 5.92 Å². The number of methoxy groups -OCH3 is 1. The molecule has 112 valence electrons. The van der Waals surface area contributed by atoms with E-state index in [2.05, 4.69) is 18.6 Å². The van der Waals surface area contributed by atoms with Crippen LogP contribution in [0.4, 0.5) is 0 Å². The molecule has 4 nitrogen and oxygen atoms in total. The van der Waals surface area contributed by atoms with Crippen LogP contribution >= 0.6 is 0 Å². The summed E-state index contributed by atoms with van der Waals surface area (Å²) in [6.07, 6.45) is 2.14. The molecule has 0 spiro atoms. The molecule has 4 heteroatoms. The Kier molecular flexibility index (Phi) is 16.7. The Hall–Kier alpha value is -0.160. The summed E-state index contributed by atoms with van der Waals surface area (Å²) in [6, 6.07) is 0. The lowest BCUT2D eigenvalue weighted by molar-refractivity contribution is 0.0216. The van der Waals surface area contributed by atoms with Gasteiger partial charge in [0, 0.05) is 13.7 Å². The predicted molar refractivity (Wildman–Crippen MR) is 74.7 cm³/mol. The highest BCUT2D eigenvalue weighted by Crippen LogP contribution is 2.01. The summed E-state index contributed by atoms with van der Waals surface area (Å²) in [7, 11) is 1.58. The molecule has 0 aromatic carbocycles. The van der Waals surface area contributed by atoms with Gasteiger partial charge in [0.2, 0.25) is 0 Å². The molecule has 0 bridgehead atoms. The zero-order chi connectivity index (χ0) is 14.4. The van der Waals surface area contributed by atoms with E-state index in [-0.39, 0.29) is 12.2 Å². The van der Waals surface area contributed by atoms with Crippen molar-refractivity contribution < 1.29 is 19.7 Å². The normalized spacial score (nSPS) is 15.5. The average Bonchev–Trinajstić information content (AvgIpc) is 2.39. The molecule has 0 amide bonds. The van der Waals surface area contributed by atoms with Crippen LogP contribution in [0.2, 0.25) is 0 Å². The highest BCUT2D eigenvalue weighted by Gasteiger charge is 2.02. The maximum Gasteiger partial charge on any atom is 0.0771 e. The zero-order valence-corrected chi connectivity index (χ0v) is 12.7. The Morgan fingerprint density at radius 2 is 1.33 bits per heavy atom. The van der Waals surface area contributed by atoms with E-state index in [1.165, 1.54) is 0 Å². The summed E-state index contributed by atoms with van der Waals surface area (Å²) in [4.78, 5) is 0. The first kappa shape index (κ1) is 20.2. The van der Waals surface area contributed by atoms with Crippen molar-refractivity contribution in [3.63, 3.8) is 0 Å². The number of rotatable bonds is 9. The Morgan fingerprint density at radius 1 is 0.833 bits per heavy atom. The van der Waals surface area contributed by atoms with Gasteiger partial charge in [-0.3, -0.25) is 0 Å². The number of ether oxygens (including phenoxy) is 2. The fourth-order valence-corrected chi connectivity index (χ4v) is 0.951. The number of hydrogen-bond donors (Lipinski definition) is 2. The van der Waals surface area contributed by atoms with Crippen LogP contribution in [0.5, 0.6) is 0 Å². The van der Waals surface area contributed by atoms with Gasteiger partial charge in [0.25, 0.3) is 0 Å². The zero-order valence-electron chi connectivity index (χ0n) is 12.7. The van der Waals surface area contributed by atoms with Gasteiger partial charge in [0.15, 0.2) is 0 Å². The Bertz CT molecular complexity index is 143. The first-order valence-corrected chi connectivity index (χ1v) is 6.94. The van der Waals surface area contributed by atoms with E-state index >= 15 is 0 Å². The first-order valence-electron chi connectivity index (χ1n) is 6.94. The highest BCUT2D eigenvalue weighted by atomic mass is 16.5. The molecule has 0 fully saturated rings. The summed E-state index contributed by atoms with van der Waals surface area (Å²) in [5, 5.41) is 17.9. The van der Waals surface area contributed by atoms with Crippen molar-refractivity contribution in [2.24, 2.45) is 5.92 Å². The van der Waals surface area contributed by atoms with E-state index in [1.54, 1.807) is 7.11 Å². The van der Waals surface area contributed by atoms with Crippen LogP contribution in [-0.2, 0) is 9.47 Å². The average molecular weight is 264 g/mol. The van der Waals surface area contributed by atoms with Crippen molar-refractivity contribution in [2.75, 3.05) is 26.9 Å². The lowest BCUT2D eigenvalue weighted by atomic mass is 10.1. The molecule has 0 aliphatic carbocycles. The van der Waals surface area contributed by atoms with Gasteiger partial charge in [0.1, 0.15) is 0 Å². The van der Waals surface area contributed by atoms with Gasteiger partial charge in [0.05, 0.1) is 25.4 Å². The minimum Gasteiger partial charge on any atom is -0.391 e. The summed E-state index contributed by atoms with van der Waals surface area (Å²) in [5.41, 5.74) is 0. The number of aliphatic hydroxyl groups is 2. The van der Waals surface area contributed by atoms with Gasteiger partial charge in [-0.1, -0.05) is 34.1 Å².